The van der Waals surface area contributed by atoms with Crippen molar-refractivity contribution in [3.63, 3.8) is 0 Å². The van der Waals surface area contributed by atoms with Crippen LogP contribution >= 0.6 is 0 Å². The largest absolute Gasteiger partial charge is 0.372 e. The van der Waals surface area contributed by atoms with Gasteiger partial charge in [-0.05, 0) is 49.9 Å². The highest BCUT2D eigenvalue weighted by Gasteiger charge is 2.17. The topological polar surface area (TPSA) is 51.3 Å². The highest BCUT2D eigenvalue weighted by atomic mass is 16.1. The maximum atomic E-state index is 11.7. The predicted octanol–water partition coefficient (Wildman–Crippen LogP) is 3.57. The summed E-state index contributed by atoms with van der Waals surface area (Å²) in [5.41, 5.74) is 10.6. The van der Waals surface area contributed by atoms with E-state index in [1.807, 2.05) is 13.0 Å². The molecule has 4 heteroatoms. The van der Waals surface area contributed by atoms with Crippen LogP contribution in [-0.4, -0.2) is 23.6 Å². The van der Waals surface area contributed by atoms with Gasteiger partial charge in [-0.15, -0.1) is 0 Å². The second kappa shape index (κ2) is 6.49. The maximum absolute atomic E-state index is 11.7. The van der Waals surface area contributed by atoms with Crippen LogP contribution < -0.4 is 10.6 Å². The lowest BCUT2D eigenvalue weighted by Gasteiger charge is -2.18. The Bertz CT molecular complexity index is 694. The first-order valence-electron chi connectivity index (χ1n) is 8.47. The quantitative estimate of drug-likeness (QED) is 0.917. The SMILES string of the molecule is CCCn1c(-c2ccc(N3CCCC3)cc2)cc(C(N)=O)c1C. The molecule has 122 valence electrons. The highest BCUT2D eigenvalue weighted by molar-refractivity contribution is 5.95. The Morgan fingerprint density at radius 3 is 2.39 bits per heavy atom. The summed E-state index contributed by atoms with van der Waals surface area (Å²) >= 11 is 0. The number of nitrogens with two attached hydrogens (primary N) is 1. The van der Waals surface area contributed by atoms with E-state index in [1.54, 1.807) is 0 Å². The second-order valence-electron chi connectivity index (χ2n) is 6.29. The molecule has 23 heavy (non-hydrogen) atoms. The van der Waals surface area contributed by atoms with Gasteiger partial charge in [0.25, 0.3) is 5.91 Å². The number of aromatic nitrogens is 1. The van der Waals surface area contributed by atoms with Crippen LogP contribution in [0.4, 0.5) is 5.69 Å². The number of hydrogen-bond acceptors (Lipinski definition) is 2. The number of hydrogen-bond donors (Lipinski definition) is 1. The lowest BCUT2D eigenvalue weighted by atomic mass is 10.1. The van der Waals surface area contributed by atoms with Crippen molar-refractivity contribution in [3.8, 4) is 11.3 Å². The summed E-state index contributed by atoms with van der Waals surface area (Å²) in [6.07, 6.45) is 3.58. The van der Waals surface area contributed by atoms with Gasteiger partial charge in [0.05, 0.1) is 5.56 Å². The standard InChI is InChI=1S/C19H25N3O/c1-3-10-22-14(2)17(19(20)23)13-18(22)15-6-8-16(9-7-15)21-11-4-5-12-21/h6-9,13H,3-5,10-12H2,1-2H3,(H2,20,23). The Balaban J connectivity index is 1.96. The van der Waals surface area contributed by atoms with Crippen LogP contribution in [0, 0.1) is 6.92 Å². The van der Waals surface area contributed by atoms with Crippen molar-refractivity contribution < 1.29 is 4.79 Å². The molecule has 2 N–H and O–H groups in total. The lowest BCUT2D eigenvalue weighted by molar-refractivity contribution is 0.0999. The van der Waals surface area contributed by atoms with Crippen LogP contribution in [0.5, 0.6) is 0 Å². The molecule has 3 rings (SSSR count). The number of anilines is 1. The number of amides is 1. The number of rotatable bonds is 5. The van der Waals surface area contributed by atoms with Crippen LogP contribution in [0.25, 0.3) is 11.3 Å². The van der Waals surface area contributed by atoms with E-state index in [-0.39, 0.29) is 5.91 Å². The Morgan fingerprint density at radius 2 is 1.83 bits per heavy atom. The zero-order chi connectivity index (χ0) is 16.4. The van der Waals surface area contributed by atoms with Crippen molar-refractivity contribution in [2.45, 2.75) is 39.7 Å². The van der Waals surface area contributed by atoms with Crippen molar-refractivity contribution in [1.82, 2.24) is 4.57 Å². The van der Waals surface area contributed by atoms with E-state index in [0.717, 1.165) is 43.0 Å². The molecule has 0 bridgehead atoms. The highest BCUT2D eigenvalue weighted by Crippen LogP contribution is 2.29. The average molecular weight is 311 g/mol. The minimum Gasteiger partial charge on any atom is -0.372 e. The van der Waals surface area contributed by atoms with Crippen molar-refractivity contribution >= 4 is 11.6 Å². The van der Waals surface area contributed by atoms with E-state index in [4.69, 9.17) is 5.73 Å². The molecule has 1 aromatic heterocycles. The third-order valence-electron chi connectivity index (χ3n) is 4.71. The van der Waals surface area contributed by atoms with Gasteiger partial charge in [-0.3, -0.25) is 4.79 Å². The molecule has 1 saturated heterocycles. The van der Waals surface area contributed by atoms with Gasteiger partial charge in [-0.2, -0.15) is 0 Å². The van der Waals surface area contributed by atoms with Gasteiger partial charge < -0.3 is 15.2 Å². The Morgan fingerprint density at radius 1 is 1.17 bits per heavy atom. The molecule has 0 saturated carbocycles. The maximum Gasteiger partial charge on any atom is 0.250 e. The fraction of sp³-hybridized carbons (Fsp3) is 0.421. The Kier molecular flexibility index (Phi) is 4.42. The molecule has 1 aliphatic rings. The van der Waals surface area contributed by atoms with Gasteiger partial charge in [0.15, 0.2) is 0 Å². The van der Waals surface area contributed by atoms with E-state index in [0.29, 0.717) is 5.56 Å². The third-order valence-corrected chi connectivity index (χ3v) is 4.71. The van der Waals surface area contributed by atoms with Gasteiger partial charge in [0, 0.05) is 36.7 Å². The molecule has 0 radical (unpaired) electrons. The molecule has 1 fully saturated rings. The van der Waals surface area contributed by atoms with E-state index >= 15 is 0 Å². The minimum absolute atomic E-state index is 0.354. The minimum atomic E-state index is -0.354. The number of nitrogens with zero attached hydrogens (tertiary/aromatic N) is 2. The fourth-order valence-corrected chi connectivity index (χ4v) is 3.46. The molecule has 0 atom stereocenters. The first-order valence-corrected chi connectivity index (χ1v) is 8.47. The summed E-state index contributed by atoms with van der Waals surface area (Å²) in [6, 6.07) is 10.6. The molecular formula is C19H25N3O. The zero-order valence-electron chi connectivity index (χ0n) is 14.0. The van der Waals surface area contributed by atoms with Crippen LogP contribution in [0.3, 0.4) is 0 Å². The first kappa shape index (κ1) is 15.7. The summed E-state index contributed by atoms with van der Waals surface area (Å²) in [5.74, 6) is -0.354. The normalized spacial score (nSPS) is 14.4. The van der Waals surface area contributed by atoms with Gasteiger partial charge in [-0.1, -0.05) is 19.1 Å². The van der Waals surface area contributed by atoms with E-state index in [2.05, 4.69) is 40.7 Å². The summed E-state index contributed by atoms with van der Waals surface area (Å²) in [5, 5.41) is 0. The van der Waals surface area contributed by atoms with Crippen LogP contribution in [-0.2, 0) is 6.54 Å². The van der Waals surface area contributed by atoms with Crippen LogP contribution in [0.15, 0.2) is 30.3 Å². The number of benzene rings is 1. The van der Waals surface area contributed by atoms with Gasteiger partial charge in [0.2, 0.25) is 0 Å². The predicted molar refractivity (Wildman–Crippen MR) is 94.9 cm³/mol. The number of primary amides is 1. The first-order chi connectivity index (χ1) is 11.1. The fourth-order valence-electron chi connectivity index (χ4n) is 3.46. The summed E-state index contributed by atoms with van der Waals surface area (Å²) in [7, 11) is 0. The summed E-state index contributed by atoms with van der Waals surface area (Å²) in [4.78, 5) is 14.1. The van der Waals surface area contributed by atoms with Crippen molar-refractivity contribution in [3.05, 3.63) is 41.6 Å². The molecule has 0 unspecified atom stereocenters. The Labute approximate surface area is 137 Å². The monoisotopic (exact) mass is 311 g/mol. The van der Waals surface area contributed by atoms with E-state index < -0.39 is 0 Å². The molecule has 1 aromatic carbocycles. The molecule has 0 spiro atoms. The molecule has 1 aliphatic heterocycles. The summed E-state index contributed by atoms with van der Waals surface area (Å²) < 4.78 is 2.20. The van der Waals surface area contributed by atoms with Gasteiger partial charge >= 0.3 is 0 Å². The zero-order valence-corrected chi connectivity index (χ0v) is 14.0. The summed E-state index contributed by atoms with van der Waals surface area (Å²) in [6.45, 7) is 7.30. The molecule has 4 nitrogen and oxygen atoms in total. The van der Waals surface area contributed by atoms with Crippen LogP contribution in [0.1, 0.15) is 42.2 Å². The van der Waals surface area contributed by atoms with Crippen molar-refractivity contribution in [2.75, 3.05) is 18.0 Å². The molecule has 1 amide bonds. The van der Waals surface area contributed by atoms with Gasteiger partial charge in [0.1, 0.15) is 0 Å². The van der Waals surface area contributed by atoms with Gasteiger partial charge in [-0.25, -0.2) is 0 Å². The molecule has 0 aliphatic carbocycles. The van der Waals surface area contributed by atoms with Crippen molar-refractivity contribution in [1.29, 1.82) is 0 Å². The number of carbonyl (C=O) groups is 1. The van der Waals surface area contributed by atoms with Crippen LogP contribution in [0.2, 0.25) is 0 Å². The molecular weight excluding hydrogens is 286 g/mol. The third kappa shape index (κ3) is 2.98. The van der Waals surface area contributed by atoms with E-state index in [9.17, 15) is 4.79 Å². The smallest absolute Gasteiger partial charge is 0.250 e. The molecule has 2 aromatic rings. The second-order valence-corrected chi connectivity index (χ2v) is 6.29. The van der Waals surface area contributed by atoms with E-state index in [1.165, 1.54) is 18.5 Å². The number of carbonyl (C=O) groups excluding carboxylic acids is 1. The van der Waals surface area contributed by atoms with Crippen molar-refractivity contribution in [2.24, 2.45) is 5.73 Å². The Hall–Kier alpha value is -2.23. The lowest BCUT2D eigenvalue weighted by Crippen LogP contribution is -2.17. The molecule has 2 heterocycles. The average Bonchev–Trinajstić information content (AvgIpc) is 3.17.